The van der Waals surface area contributed by atoms with Crippen LogP contribution in [0.5, 0.6) is 0 Å². The Kier molecular flexibility index (Phi) is 6.07. The fraction of sp³-hybridized carbons (Fsp3) is 0.233. The summed E-state index contributed by atoms with van der Waals surface area (Å²) in [6.07, 6.45) is 1.95. The zero-order chi connectivity index (χ0) is 22.5. The van der Waals surface area contributed by atoms with E-state index in [0.29, 0.717) is 0 Å². The standard InChI is InChI=1S/C30H30N2.ClH/c1-20-21(2)32(19-22-10-14-26(15-11-22)30(3,4)5)29-27(20)16-17-31-28(29)25-13-12-23-8-6-7-9-24(23)18-25;/h6-18H,19H2,1-5H3;1H. The van der Waals surface area contributed by atoms with Gasteiger partial charge in [0.15, 0.2) is 0 Å². The van der Waals surface area contributed by atoms with E-state index in [2.05, 4.69) is 112 Å². The van der Waals surface area contributed by atoms with Crippen LogP contribution >= 0.6 is 12.4 Å². The topological polar surface area (TPSA) is 17.8 Å². The van der Waals surface area contributed by atoms with Crippen LogP contribution in [-0.4, -0.2) is 9.55 Å². The van der Waals surface area contributed by atoms with Gasteiger partial charge in [0.1, 0.15) is 0 Å². The molecule has 0 unspecified atom stereocenters. The third-order valence-corrected chi connectivity index (χ3v) is 6.73. The molecule has 0 aliphatic heterocycles. The van der Waals surface area contributed by atoms with Gasteiger partial charge >= 0.3 is 0 Å². The first kappa shape index (κ1) is 23.1. The van der Waals surface area contributed by atoms with Crippen molar-refractivity contribution in [3.05, 3.63) is 101 Å². The molecule has 0 saturated heterocycles. The Bertz CT molecular complexity index is 1440. The smallest absolute Gasteiger partial charge is 0.0945 e. The molecular formula is C30H31ClN2. The second kappa shape index (κ2) is 8.68. The summed E-state index contributed by atoms with van der Waals surface area (Å²) in [5, 5.41) is 3.78. The Labute approximate surface area is 202 Å². The fourth-order valence-electron chi connectivity index (χ4n) is 4.63. The Balaban J connectivity index is 0.00000259. The molecule has 0 fully saturated rings. The lowest BCUT2D eigenvalue weighted by Gasteiger charge is -2.19. The highest BCUT2D eigenvalue weighted by Gasteiger charge is 2.18. The van der Waals surface area contributed by atoms with E-state index in [1.165, 1.54) is 44.1 Å². The van der Waals surface area contributed by atoms with Crippen molar-refractivity contribution in [2.45, 2.75) is 46.6 Å². The Morgan fingerprint density at radius 2 is 1.52 bits per heavy atom. The average Bonchev–Trinajstić information content (AvgIpc) is 3.03. The van der Waals surface area contributed by atoms with Crippen molar-refractivity contribution >= 4 is 34.1 Å². The molecule has 5 rings (SSSR count). The molecule has 0 spiro atoms. The van der Waals surface area contributed by atoms with Crippen LogP contribution in [0.3, 0.4) is 0 Å². The lowest BCUT2D eigenvalue weighted by Crippen LogP contribution is -2.11. The Morgan fingerprint density at radius 1 is 0.818 bits per heavy atom. The number of fused-ring (bicyclic) bond motifs is 2. The van der Waals surface area contributed by atoms with E-state index in [0.717, 1.165) is 17.8 Å². The third kappa shape index (κ3) is 4.16. The van der Waals surface area contributed by atoms with E-state index in [9.17, 15) is 0 Å². The molecule has 5 aromatic rings. The summed E-state index contributed by atoms with van der Waals surface area (Å²) in [6, 6.07) is 26.4. The zero-order valence-corrected chi connectivity index (χ0v) is 20.8. The van der Waals surface area contributed by atoms with Crippen molar-refractivity contribution < 1.29 is 0 Å². The summed E-state index contributed by atoms with van der Waals surface area (Å²) in [6.45, 7) is 12.1. The molecule has 168 valence electrons. The summed E-state index contributed by atoms with van der Waals surface area (Å²) >= 11 is 0. The number of halogens is 1. The van der Waals surface area contributed by atoms with Crippen LogP contribution < -0.4 is 0 Å². The van der Waals surface area contributed by atoms with E-state index in [-0.39, 0.29) is 17.8 Å². The van der Waals surface area contributed by atoms with Crippen molar-refractivity contribution in [1.82, 2.24) is 9.55 Å². The molecule has 3 aromatic carbocycles. The minimum atomic E-state index is 0. The van der Waals surface area contributed by atoms with E-state index in [1.807, 2.05) is 6.20 Å². The van der Waals surface area contributed by atoms with Gasteiger partial charge in [0, 0.05) is 29.4 Å². The van der Waals surface area contributed by atoms with Gasteiger partial charge in [-0.3, -0.25) is 4.98 Å². The number of rotatable bonds is 3. The SMILES string of the molecule is Cc1c(C)n(Cc2ccc(C(C)(C)C)cc2)c2c(-c3ccc4ccccc4c3)nccc12.Cl. The number of aryl methyl sites for hydroxylation is 1. The normalized spacial score (nSPS) is 11.7. The number of nitrogens with zero attached hydrogens (tertiary/aromatic N) is 2. The maximum Gasteiger partial charge on any atom is 0.0945 e. The zero-order valence-electron chi connectivity index (χ0n) is 20.0. The Hall–Kier alpha value is -3.10. The fourth-order valence-corrected chi connectivity index (χ4v) is 4.63. The average molecular weight is 455 g/mol. The van der Waals surface area contributed by atoms with Gasteiger partial charge in [0.05, 0.1) is 11.2 Å². The summed E-state index contributed by atoms with van der Waals surface area (Å²) in [5.74, 6) is 0. The lowest BCUT2D eigenvalue weighted by molar-refractivity contribution is 0.590. The van der Waals surface area contributed by atoms with Gasteiger partial charge in [0.2, 0.25) is 0 Å². The van der Waals surface area contributed by atoms with Crippen LogP contribution in [-0.2, 0) is 12.0 Å². The first-order valence-corrected chi connectivity index (χ1v) is 11.4. The minimum Gasteiger partial charge on any atom is -0.338 e. The highest BCUT2D eigenvalue weighted by Crippen LogP contribution is 2.34. The number of pyridine rings is 1. The van der Waals surface area contributed by atoms with Crippen molar-refractivity contribution in [1.29, 1.82) is 0 Å². The predicted octanol–water partition coefficient (Wildman–Crippen LogP) is 8.24. The van der Waals surface area contributed by atoms with Gasteiger partial charge in [-0.25, -0.2) is 0 Å². The molecule has 2 heterocycles. The van der Waals surface area contributed by atoms with Crippen LogP contribution in [0, 0.1) is 13.8 Å². The maximum atomic E-state index is 4.87. The molecule has 0 N–H and O–H groups in total. The number of hydrogen-bond acceptors (Lipinski definition) is 1. The molecule has 0 aliphatic rings. The monoisotopic (exact) mass is 454 g/mol. The molecule has 0 aliphatic carbocycles. The molecule has 0 saturated carbocycles. The second-order valence-corrected chi connectivity index (χ2v) is 9.86. The number of aromatic nitrogens is 2. The predicted molar refractivity (Wildman–Crippen MR) is 144 cm³/mol. The third-order valence-electron chi connectivity index (χ3n) is 6.73. The molecule has 0 amide bonds. The van der Waals surface area contributed by atoms with Gasteiger partial charge in [0.25, 0.3) is 0 Å². The molecule has 3 heteroatoms. The van der Waals surface area contributed by atoms with E-state index in [4.69, 9.17) is 4.98 Å². The van der Waals surface area contributed by atoms with Crippen molar-refractivity contribution in [2.75, 3.05) is 0 Å². The Morgan fingerprint density at radius 3 is 2.21 bits per heavy atom. The highest BCUT2D eigenvalue weighted by atomic mass is 35.5. The van der Waals surface area contributed by atoms with Gasteiger partial charge in [-0.2, -0.15) is 0 Å². The van der Waals surface area contributed by atoms with Crippen molar-refractivity contribution in [3.63, 3.8) is 0 Å². The molecular weight excluding hydrogens is 424 g/mol. The maximum absolute atomic E-state index is 4.87. The first-order valence-electron chi connectivity index (χ1n) is 11.4. The van der Waals surface area contributed by atoms with Crippen molar-refractivity contribution in [2.24, 2.45) is 0 Å². The molecule has 0 atom stereocenters. The molecule has 0 radical (unpaired) electrons. The van der Waals surface area contributed by atoms with Crippen LogP contribution in [0.4, 0.5) is 0 Å². The van der Waals surface area contributed by atoms with Gasteiger partial charge in [-0.05, 0) is 58.9 Å². The molecule has 2 aromatic heterocycles. The van der Waals surface area contributed by atoms with Crippen LogP contribution in [0.2, 0.25) is 0 Å². The first-order chi connectivity index (χ1) is 15.3. The van der Waals surface area contributed by atoms with Gasteiger partial charge in [-0.15, -0.1) is 12.4 Å². The highest BCUT2D eigenvalue weighted by molar-refractivity contribution is 5.97. The number of hydrogen-bond donors (Lipinski definition) is 0. The molecule has 0 bridgehead atoms. The molecule has 33 heavy (non-hydrogen) atoms. The van der Waals surface area contributed by atoms with Crippen LogP contribution in [0.1, 0.15) is 43.2 Å². The van der Waals surface area contributed by atoms with Gasteiger partial charge in [-0.1, -0.05) is 81.4 Å². The quantitative estimate of drug-likeness (QED) is 0.268. The summed E-state index contributed by atoms with van der Waals surface area (Å²) in [4.78, 5) is 4.87. The van der Waals surface area contributed by atoms with Gasteiger partial charge < -0.3 is 4.57 Å². The lowest BCUT2D eigenvalue weighted by atomic mass is 9.87. The van der Waals surface area contributed by atoms with E-state index < -0.39 is 0 Å². The van der Waals surface area contributed by atoms with Crippen LogP contribution in [0.15, 0.2) is 79.0 Å². The van der Waals surface area contributed by atoms with E-state index in [1.54, 1.807) is 0 Å². The second-order valence-electron chi connectivity index (χ2n) is 9.86. The summed E-state index contributed by atoms with van der Waals surface area (Å²) in [7, 11) is 0. The molecule has 2 nitrogen and oxygen atoms in total. The largest absolute Gasteiger partial charge is 0.338 e. The summed E-state index contributed by atoms with van der Waals surface area (Å²) in [5.41, 5.74) is 8.91. The summed E-state index contributed by atoms with van der Waals surface area (Å²) < 4.78 is 2.44. The minimum absolute atomic E-state index is 0. The van der Waals surface area contributed by atoms with E-state index >= 15 is 0 Å². The van der Waals surface area contributed by atoms with Crippen LogP contribution in [0.25, 0.3) is 32.9 Å². The van der Waals surface area contributed by atoms with Crippen molar-refractivity contribution in [3.8, 4) is 11.3 Å². The number of benzene rings is 3.